The lowest BCUT2D eigenvalue weighted by atomic mass is 10.1. The molecule has 0 saturated heterocycles. The van der Waals surface area contributed by atoms with Crippen LogP contribution in [0.5, 0.6) is 5.75 Å². The molecule has 1 N–H and O–H groups in total. The summed E-state index contributed by atoms with van der Waals surface area (Å²) in [5.41, 5.74) is 2.34. The van der Waals surface area contributed by atoms with Gasteiger partial charge in [0.2, 0.25) is 0 Å². The van der Waals surface area contributed by atoms with E-state index in [-0.39, 0.29) is 0 Å². The molecule has 0 atom stereocenters. The Kier molecular flexibility index (Phi) is 3.39. The quantitative estimate of drug-likeness (QED) is 0.455. The number of fused-ring (bicyclic) bond motifs is 1. The molecule has 0 aliphatic rings. The van der Waals surface area contributed by atoms with E-state index in [9.17, 15) is 0 Å². The Morgan fingerprint density at radius 2 is 2.20 bits per heavy atom. The minimum absolute atomic E-state index is 0.431. The van der Waals surface area contributed by atoms with Gasteiger partial charge < -0.3 is 9.94 Å². The van der Waals surface area contributed by atoms with Crippen LogP contribution in [0.2, 0.25) is 0 Å². The molecule has 5 nitrogen and oxygen atoms in total. The molecule has 0 fully saturated rings. The predicted octanol–water partition coefficient (Wildman–Crippen LogP) is 3.17. The third-order valence-corrected chi connectivity index (χ3v) is 3.72. The monoisotopic (exact) mass is 287 g/mol. The first-order valence-corrected chi connectivity index (χ1v) is 6.97. The Hall–Kier alpha value is -2.34. The Morgan fingerprint density at radius 1 is 1.40 bits per heavy atom. The van der Waals surface area contributed by atoms with Gasteiger partial charge in [-0.15, -0.1) is 11.3 Å². The first-order valence-electron chi connectivity index (χ1n) is 6.09. The van der Waals surface area contributed by atoms with Crippen LogP contribution in [0.4, 0.5) is 0 Å². The highest BCUT2D eigenvalue weighted by Gasteiger charge is 2.04. The SMILES string of the molecule is C/C(=N/O)c1ccc(OCc2cn3ccsc3n2)cc1. The molecule has 0 unspecified atom stereocenters. The fourth-order valence-electron chi connectivity index (χ4n) is 1.85. The van der Waals surface area contributed by atoms with E-state index in [0.717, 1.165) is 22.0 Å². The normalized spacial score (nSPS) is 11.9. The van der Waals surface area contributed by atoms with Gasteiger partial charge in [0.15, 0.2) is 4.96 Å². The van der Waals surface area contributed by atoms with Crippen molar-refractivity contribution < 1.29 is 9.94 Å². The van der Waals surface area contributed by atoms with Crippen LogP contribution in [0.3, 0.4) is 0 Å². The number of nitrogens with zero attached hydrogens (tertiary/aromatic N) is 3. The summed E-state index contributed by atoms with van der Waals surface area (Å²) in [5, 5.41) is 13.9. The molecule has 0 radical (unpaired) electrons. The summed E-state index contributed by atoms with van der Waals surface area (Å²) in [5.74, 6) is 0.760. The van der Waals surface area contributed by atoms with Gasteiger partial charge in [0.1, 0.15) is 12.4 Å². The van der Waals surface area contributed by atoms with Gasteiger partial charge in [-0.3, -0.25) is 4.40 Å². The smallest absolute Gasteiger partial charge is 0.193 e. The molecule has 102 valence electrons. The van der Waals surface area contributed by atoms with Gasteiger partial charge in [-0.05, 0) is 36.8 Å². The molecule has 0 aliphatic heterocycles. The number of imidazole rings is 1. The molecule has 6 heteroatoms. The fourth-order valence-corrected chi connectivity index (χ4v) is 2.57. The van der Waals surface area contributed by atoms with Gasteiger partial charge in [-0.25, -0.2) is 4.98 Å². The highest BCUT2D eigenvalue weighted by atomic mass is 32.1. The van der Waals surface area contributed by atoms with Crippen molar-refractivity contribution in [2.45, 2.75) is 13.5 Å². The number of hydrogen-bond donors (Lipinski definition) is 1. The van der Waals surface area contributed by atoms with Crippen molar-refractivity contribution >= 4 is 22.0 Å². The van der Waals surface area contributed by atoms with E-state index in [4.69, 9.17) is 9.94 Å². The van der Waals surface area contributed by atoms with Crippen LogP contribution in [0, 0.1) is 0 Å². The minimum atomic E-state index is 0.431. The van der Waals surface area contributed by atoms with Crippen LogP contribution in [0.15, 0.2) is 47.2 Å². The van der Waals surface area contributed by atoms with E-state index in [1.165, 1.54) is 0 Å². The summed E-state index contributed by atoms with van der Waals surface area (Å²) in [6.07, 6.45) is 3.94. The maximum atomic E-state index is 8.71. The molecule has 20 heavy (non-hydrogen) atoms. The number of thiazole rings is 1. The van der Waals surface area contributed by atoms with Crippen LogP contribution >= 0.6 is 11.3 Å². The number of ether oxygens (including phenoxy) is 1. The van der Waals surface area contributed by atoms with Gasteiger partial charge in [0.25, 0.3) is 0 Å². The van der Waals surface area contributed by atoms with Crippen molar-refractivity contribution in [1.82, 2.24) is 9.38 Å². The maximum absolute atomic E-state index is 8.71. The Labute approximate surface area is 119 Å². The molecule has 2 heterocycles. The lowest BCUT2D eigenvalue weighted by Gasteiger charge is -2.05. The maximum Gasteiger partial charge on any atom is 0.193 e. The summed E-state index contributed by atoms with van der Waals surface area (Å²) < 4.78 is 7.67. The summed E-state index contributed by atoms with van der Waals surface area (Å²) in [7, 11) is 0. The lowest BCUT2D eigenvalue weighted by Crippen LogP contribution is -1.97. The largest absolute Gasteiger partial charge is 0.487 e. The first-order chi connectivity index (χ1) is 9.76. The lowest BCUT2D eigenvalue weighted by molar-refractivity contribution is 0.302. The van der Waals surface area contributed by atoms with E-state index >= 15 is 0 Å². The number of hydrogen-bond acceptors (Lipinski definition) is 5. The zero-order valence-electron chi connectivity index (χ0n) is 10.9. The van der Waals surface area contributed by atoms with Crippen LogP contribution in [-0.2, 0) is 6.61 Å². The van der Waals surface area contributed by atoms with Crippen molar-refractivity contribution in [3.05, 3.63) is 53.3 Å². The summed E-state index contributed by atoms with van der Waals surface area (Å²) in [6, 6.07) is 7.41. The average Bonchev–Trinajstić information content (AvgIpc) is 3.06. The summed E-state index contributed by atoms with van der Waals surface area (Å²) in [6.45, 7) is 2.18. The first kappa shape index (κ1) is 12.7. The predicted molar refractivity (Wildman–Crippen MR) is 77.8 cm³/mol. The third kappa shape index (κ3) is 2.50. The standard InChI is InChI=1S/C14H13N3O2S/c1-10(16-18)11-2-4-13(5-3-11)19-9-12-8-17-6-7-20-14(17)15-12/h2-8,18H,9H2,1H3/b16-10-. The molecule has 2 aromatic heterocycles. The van der Waals surface area contributed by atoms with Gasteiger partial charge >= 0.3 is 0 Å². The Bertz CT molecular complexity index is 715. The van der Waals surface area contributed by atoms with Crippen molar-refractivity contribution in [3.8, 4) is 5.75 Å². The van der Waals surface area contributed by atoms with Gasteiger partial charge in [0, 0.05) is 17.8 Å². The van der Waals surface area contributed by atoms with Crippen LogP contribution in [-0.4, -0.2) is 20.3 Å². The van der Waals surface area contributed by atoms with Gasteiger partial charge in [0.05, 0.1) is 11.4 Å². The molecule has 1 aromatic carbocycles. The minimum Gasteiger partial charge on any atom is -0.487 e. The molecular formula is C14H13N3O2S. The average molecular weight is 287 g/mol. The zero-order valence-corrected chi connectivity index (χ0v) is 11.7. The van der Waals surface area contributed by atoms with Crippen molar-refractivity contribution in [2.75, 3.05) is 0 Å². The van der Waals surface area contributed by atoms with E-state index in [2.05, 4.69) is 10.1 Å². The van der Waals surface area contributed by atoms with Crippen molar-refractivity contribution in [2.24, 2.45) is 5.16 Å². The molecule has 0 saturated carbocycles. The second-order valence-electron chi connectivity index (χ2n) is 4.32. The molecule has 0 aliphatic carbocycles. The highest BCUT2D eigenvalue weighted by Crippen LogP contribution is 2.16. The topological polar surface area (TPSA) is 59.1 Å². The second kappa shape index (κ2) is 5.34. The van der Waals surface area contributed by atoms with Crippen molar-refractivity contribution in [3.63, 3.8) is 0 Å². The number of rotatable bonds is 4. The van der Waals surface area contributed by atoms with E-state index < -0.39 is 0 Å². The van der Waals surface area contributed by atoms with Crippen LogP contribution in [0.1, 0.15) is 18.2 Å². The van der Waals surface area contributed by atoms with Gasteiger partial charge in [-0.2, -0.15) is 0 Å². The molecule has 0 spiro atoms. The zero-order chi connectivity index (χ0) is 13.9. The fraction of sp³-hybridized carbons (Fsp3) is 0.143. The molecule has 3 aromatic rings. The van der Waals surface area contributed by atoms with Crippen LogP contribution < -0.4 is 4.74 Å². The van der Waals surface area contributed by atoms with E-state index in [0.29, 0.717) is 12.3 Å². The third-order valence-electron chi connectivity index (χ3n) is 2.95. The number of benzene rings is 1. The highest BCUT2D eigenvalue weighted by molar-refractivity contribution is 7.15. The van der Waals surface area contributed by atoms with E-state index in [1.54, 1.807) is 18.3 Å². The number of oxime groups is 1. The Morgan fingerprint density at radius 3 is 2.90 bits per heavy atom. The molecule has 3 rings (SSSR count). The molecule has 0 amide bonds. The van der Waals surface area contributed by atoms with Gasteiger partial charge in [-0.1, -0.05) is 5.16 Å². The number of aromatic nitrogens is 2. The second-order valence-corrected chi connectivity index (χ2v) is 5.20. The summed E-state index contributed by atoms with van der Waals surface area (Å²) in [4.78, 5) is 5.42. The molecular weight excluding hydrogens is 274 g/mol. The molecule has 0 bridgehead atoms. The van der Waals surface area contributed by atoms with Crippen LogP contribution in [0.25, 0.3) is 4.96 Å². The van der Waals surface area contributed by atoms with Crippen molar-refractivity contribution in [1.29, 1.82) is 0 Å². The Balaban J connectivity index is 1.67. The van der Waals surface area contributed by atoms with E-state index in [1.807, 2.05) is 46.4 Å². The summed E-state index contributed by atoms with van der Waals surface area (Å²) >= 11 is 1.60.